The molecule has 102 valence electrons. The van der Waals surface area contributed by atoms with Crippen molar-refractivity contribution in [2.45, 2.75) is 6.92 Å². The molecule has 0 unspecified atom stereocenters. The number of benzene rings is 2. The summed E-state index contributed by atoms with van der Waals surface area (Å²) in [6.07, 6.45) is 0. The molecular formula is C15H13N2O2S-. The number of hydrogen-bond donors (Lipinski definition) is 2. The first-order chi connectivity index (χ1) is 9.56. The minimum atomic E-state index is -1.21. The van der Waals surface area contributed by atoms with E-state index in [1.807, 2.05) is 37.3 Å². The minimum absolute atomic E-state index is 0.112. The molecular weight excluding hydrogens is 272 g/mol. The topological polar surface area (TPSA) is 64.2 Å². The van der Waals surface area contributed by atoms with Crippen LogP contribution in [0.4, 0.5) is 11.4 Å². The molecule has 0 saturated carbocycles. The average molecular weight is 285 g/mol. The molecule has 0 aliphatic rings. The Morgan fingerprint density at radius 1 is 1.10 bits per heavy atom. The molecule has 4 nitrogen and oxygen atoms in total. The zero-order valence-corrected chi connectivity index (χ0v) is 11.7. The first-order valence-electron chi connectivity index (χ1n) is 6.01. The fourth-order valence-electron chi connectivity index (χ4n) is 1.69. The fourth-order valence-corrected chi connectivity index (χ4v) is 1.92. The van der Waals surface area contributed by atoms with Gasteiger partial charge < -0.3 is 20.5 Å². The molecule has 0 heterocycles. The zero-order chi connectivity index (χ0) is 14.5. The van der Waals surface area contributed by atoms with Crippen molar-refractivity contribution in [3.63, 3.8) is 0 Å². The standard InChI is InChI=1S/C15H14N2O2S/c1-10-7-8-11(14(18)19)9-13(10)17-15(20)16-12-5-3-2-4-6-12/h2-9H,1H3,(H,18,19)(H2,16,17,20)/p-1. The number of anilines is 2. The monoisotopic (exact) mass is 285 g/mol. The van der Waals surface area contributed by atoms with Crippen LogP contribution in [0.3, 0.4) is 0 Å². The molecule has 0 aliphatic carbocycles. The summed E-state index contributed by atoms with van der Waals surface area (Å²) >= 11 is 5.20. The van der Waals surface area contributed by atoms with E-state index in [4.69, 9.17) is 12.2 Å². The SMILES string of the molecule is Cc1ccc(C(=O)[O-])cc1NC(=S)Nc1ccccc1. The van der Waals surface area contributed by atoms with Crippen LogP contribution in [0.5, 0.6) is 0 Å². The van der Waals surface area contributed by atoms with Crippen molar-refractivity contribution < 1.29 is 9.90 Å². The van der Waals surface area contributed by atoms with Gasteiger partial charge in [-0.2, -0.15) is 0 Å². The molecule has 20 heavy (non-hydrogen) atoms. The van der Waals surface area contributed by atoms with Gasteiger partial charge in [0.2, 0.25) is 0 Å². The van der Waals surface area contributed by atoms with E-state index in [9.17, 15) is 9.90 Å². The lowest BCUT2D eigenvalue weighted by molar-refractivity contribution is -0.255. The van der Waals surface area contributed by atoms with Gasteiger partial charge in [-0.15, -0.1) is 0 Å². The van der Waals surface area contributed by atoms with Gasteiger partial charge in [-0.1, -0.05) is 30.3 Å². The molecule has 0 aliphatic heterocycles. The number of carbonyl (C=O) groups excluding carboxylic acids is 1. The smallest absolute Gasteiger partial charge is 0.175 e. The number of rotatable bonds is 3. The maximum Gasteiger partial charge on any atom is 0.175 e. The van der Waals surface area contributed by atoms with Crippen LogP contribution in [0.15, 0.2) is 48.5 Å². The van der Waals surface area contributed by atoms with Gasteiger partial charge in [-0.25, -0.2) is 0 Å². The Balaban J connectivity index is 2.11. The summed E-state index contributed by atoms with van der Waals surface area (Å²) in [5.74, 6) is -1.21. The Labute approximate surface area is 122 Å². The molecule has 0 amide bonds. The first kappa shape index (κ1) is 14.0. The molecule has 2 N–H and O–H groups in total. The summed E-state index contributed by atoms with van der Waals surface area (Å²) in [5, 5.41) is 17.3. The second kappa shape index (κ2) is 6.16. The van der Waals surface area contributed by atoms with E-state index < -0.39 is 5.97 Å². The molecule has 0 bridgehead atoms. The molecule has 0 spiro atoms. The second-order valence-electron chi connectivity index (χ2n) is 4.26. The predicted molar refractivity (Wildman–Crippen MR) is 81.8 cm³/mol. The van der Waals surface area contributed by atoms with Crippen LogP contribution in [0.25, 0.3) is 0 Å². The number of thiocarbonyl (C=S) groups is 1. The molecule has 0 aromatic heterocycles. The highest BCUT2D eigenvalue weighted by molar-refractivity contribution is 7.80. The highest BCUT2D eigenvalue weighted by atomic mass is 32.1. The number of hydrogen-bond acceptors (Lipinski definition) is 3. The molecule has 5 heteroatoms. The largest absolute Gasteiger partial charge is 0.545 e. The van der Waals surface area contributed by atoms with Gasteiger partial charge in [0.05, 0.1) is 5.97 Å². The lowest BCUT2D eigenvalue weighted by Crippen LogP contribution is -2.23. The average Bonchev–Trinajstić information content (AvgIpc) is 2.42. The van der Waals surface area contributed by atoms with E-state index in [2.05, 4.69) is 10.6 Å². The Bertz CT molecular complexity index is 642. The van der Waals surface area contributed by atoms with Crippen molar-refractivity contribution in [1.82, 2.24) is 0 Å². The third kappa shape index (κ3) is 3.55. The van der Waals surface area contributed by atoms with Crippen LogP contribution in [-0.4, -0.2) is 11.1 Å². The maximum absolute atomic E-state index is 10.9. The minimum Gasteiger partial charge on any atom is -0.545 e. The number of para-hydroxylation sites is 1. The van der Waals surface area contributed by atoms with E-state index in [1.54, 1.807) is 6.07 Å². The molecule has 0 radical (unpaired) electrons. The number of carboxylic acids is 1. The molecule has 2 rings (SSSR count). The van der Waals surface area contributed by atoms with Crippen molar-refractivity contribution in [3.05, 3.63) is 59.7 Å². The van der Waals surface area contributed by atoms with Crippen LogP contribution >= 0.6 is 12.2 Å². The van der Waals surface area contributed by atoms with E-state index >= 15 is 0 Å². The van der Waals surface area contributed by atoms with Gasteiger partial charge in [0, 0.05) is 11.4 Å². The zero-order valence-electron chi connectivity index (χ0n) is 10.8. The highest BCUT2D eigenvalue weighted by Gasteiger charge is 2.04. The Morgan fingerprint density at radius 2 is 1.80 bits per heavy atom. The van der Waals surface area contributed by atoms with Crippen LogP contribution in [0, 0.1) is 6.92 Å². The van der Waals surface area contributed by atoms with Crippen LogP contribution < -0.4 is 15.7 Å². The third-order valence-electron chi connectivity index (χ3n) is 2.75. The quantitative estimate of drug-likeness (QED) is 0.846. The fraction of sp³-hybridized carbons (Fsp3) is 0.0667. The Hall–Kier alpha value is -2.40. The van der Waals surface area contributed by atoms with Gasteiger partial charge in [0.15, 0.2) is 5.11 Å². The van der Waals surface area contributed by atoms with Crippen molar-refractivity contribution in [1.29, 1.82) is 0 Å². The summed E-state index contributed by atoms with van der Waals surface area (Å²) in [7, 11) is 0. The number of carboxylic acid groups (broad SMARTS) is 1. The van der Waals surface area contributed by atoms with Crippen LogP contribution in [0.1, 0.15) is 15.9 Å². The number of aromatic carboxylic acids is 1. The summed E-state index contributed by atoms with van der Waals surface area (Å²) in [6.45, 7) is 1.87. The number of carbonyl (C=O) groups is 1. The Morgan fingerprint density at radius 3 is 2.45 bits per heavy atom. The second-order valence-corrected chi connectivity index (χ2v) is 4.67. The van der Waals surface area contributed by atoms with Crippen molar-refractivity contribution in [2.75, 3.05) is 10.6 Å². The lowest BCUT2D eigenvalue weighted by Gasteiger charge is -2.14. The summed E-state index contributed by atoms with van der Waals surface area (Å²) < 4.78 is 0. The van der Waals surface area contributed by atoms with Crippen molar-refractivity contribution in [2.24, 2.45) is 0 Å². The molecule has 2 aromatic rings. The van der Waals surface area contributed by atoms with Gasteiger partial charge in [-0.3, -0.25) is 0 Å². The first-order valence-corrected chi connectivity index (χ1v) is 6.42. The van der Waals surface area contributed by atoms with E-state index in [1.165, 1.54) is 12.1 Å². The van der Waals surface area contributed by atoms with Crippen molar-refractivity contribution >= 4 is 34.7 Å². The summed E-state index contributed by atoms with van der Waals surface area (Å²) in [4.78, 5) is 10.9. The highest BCUT2D eigenvalue weighted by Crippen LogP contribution is 2.17. The molecule has 2 aromatic carbocycles. The predicted octanol–water partition coefficient (Wildman–Crippen LogP) is 2.17. The third-order valence-corrected chi connectivity index (χ3v) is 2.96. The van der Waals surface area contributed by atoms with Gasteiger partial charge in [0.25, 0.3) is 0 Å². The van der Waals surface area contributed by atoms with Gasteiger partial charge in [-0.05, 0) is 48.5 Å². The number of nitrogens with one attached hydrogen (secondary N) is 2. The van der Waals surface area contributed by atoms with Gasteiger partial charge >= 0.3 is 0 Å². The van der Waals surface area contributed by atoms with Crippen LogP contribution in [0.2, 0.25) is 0 Å². The maximum atomic E-state index is 10.9. The van der Waals surface area contributed by atoms with Crippen molar-refractivity contribution in [3.8, 4) is 0 Å². The molecule has 0 fully saturated rings. The Kier molecular flexibility index (Phi) is 4.32. The normalized spacial score (nSPS) is 9.85. The van der Waals surface area contributed by atoms with Gasteiger partial charge in [0.1, 0.15) is 0 Å². The summed E-state index contributed by atoms with van der Waals surface area (Å²) in [5.41, 5.74) is 2.51. The van der Waals surface area contributed by atoms with Crippen LogP contribution in [-0.2, 0) is 0 Å². The molecule has 0 atom stereocenters. The lowest BCUT2D eigenvalue weighted by atomic mass is 10.1. The van der Waals surface area contributed by atoms with E-state index in [0.717, 1.165) is 11.3 Å². The van der Waals surface area contributed by atoms with E-state index in [0.29, 0.717) is 10.8 Å². The summed E-state index contributed by atoms with van der Waals surface area (Å²) in [6, 6.07) is 14.2. The van der Waals surface area contributed by atoms with E-state index in [-0.39, 0.29) is 5.56 Å². The number of aryl methyl sites for hydroxylation is 1. The molecule has 0 saturated heterocycles.